The minimum Gasteiger partial charge on any atom is -0.507 e. The van der Waals surface area contributed by atoms with Crippen LogP contribution >= 0.6 is 0 Å². The number of rotatable bonds is 5. The lowest BCUT2D eigenvalue weighted by Gasteiger charge is -2.16. The second kappa shape index (κ2) is 6.34. The van der Waals surface area contributed by atoms with Gasteiger partial charge in [0.25, 0.3) is 0 Å². The predicted octanol–water partition coefficient (Wildman–Crippen LogP) is 2.20. The molecule has 1 atom stereocenters. The maximum absolute atomic E-state index is 11.1. The summed E-state index contributed by atoms with van der Waals surface area (Å²) in [6.45, 7) is 1.21. The summed E-state index contributed by atoms with van der Waals surface area (Å²) in [6, 6.07) is 7.97. The Morgan fingerprint density at radius 1 is 1.18 bits per heavy atom. The highest BCUT2D eigenvalue weighted by molar-refractivity contribution is 5.93. The number of carbonyl (C=O) groups excluding carboxylic acids is 1. The molecule has 0 bridgehead atoms. The highest BCUT2D eigenvalue weighted by Crippen LogP contribution is 2.34. The highest BCUT2D eigenvalue weighted by Gasteiger charge is 2.18. The van der Waals surface area contributed by atoms with Gasteiger partial charge in [-0.3, -0.25) is 9.59 Å². The molecule has 2 rings (SSSR count). The number of hydrogen-bond donors (Lipinski definition) is 3. The number of hydrogen-bond acceptors (Lipinski definition) is 5. The first-order valence-corrected chi connectivity index (χ1v) is 6.69. The molecule has 0 aliphatic rings. The number of aliphatic carboxylic acids is 1. The van der Waals surface area contributed by atoms with Crippen LogP contribution in [0, 0.1) is 0 Å². The van der Waals surface area contributed by atoms with Crippen molar-refractivity contribution in [2.75, 3.05) is 0 Å². The molecule has 0 aromatic heterocycles. The molecule has 0 spiro atoms. The monoisotopic (exact) mass is 304 g/mol. The van der Waals surface area contributed by atoms with E-state index >= 15 is 0 Å². The lowest BCUT2D eigenvalue weighted by Crippen LogP contribution is -2.22. The van der Waals surface area contributed by atoms with Crippen molar-refractivity contribution in [3.05, 3.63) is 35.9 Å². The fourth-order valence-electron chi connectivity index (χ4n) is 2.41. The number of esters is 1. The Morgan fingerprint density at radius 2 is 1.91 bits per heavy atom. The fourth-order valence-corrected chi connectivity index (χ4v) is 2.41. The fraction of sp³-hybridized carbons (Fsp3) is 0.250. The van der Waals surface area contributed by atoms with E-state index in [0.29, 0.717) is 16.3 Å². The molecule has 0 amide bonds. The Morgan fingerprint density at radius 3 is 2.55 bits per heavy atom. The van der Waals surface area contributed by atoms with Gasteiger partial charge in [-0.1, -0.05) is 18.2 Å². The van der Waals surface area contributed by atoms with Gasteiger partial charge in [-0.2, -0.15) is 0 Å². The zero-order valence-electron chi connectivity index (χ0n) is 11.9. The Labute approximate surface area is 126 Å². The first kappa shape index (κ1) is 15.6. The number of aromatic hydroxyl groups is 2. The number of carbonyl (C=O) groups is 2. The number of phenols is 2. The number of benzene rings is 2. The summed E-state index contributed by atoms with van der Waals surface area (Å²) < 4.78 is 4.99. The molecule has 0 saturated carbocycles. The molecular formula is C16H16O6. The summed E-state index contributed by atoms with van der Waals surface area (Å²) in [4.78, 5) is 21.9. The van der Waals surface area contributed by atoms with Gasteiger partial charge in [-0.05, 0) is 23.1 Å². The van der Waals surface area contributed by atoms with Crippen LogP contribution in [0.5, 0.6) is 11.5 Å². The molecule has 2 aromatic rings. The Bertz CT molecular complexity index is 706. The van der Waals surface area contributed by atoms with E-state index in [-0.39, 0.29) is 24.3 Å². The normalized spacial score (nSPS) is 12.0. The molecule has 0 aliphatic heterocycles. The second-order valence-electron chi connectivity index (χ2n) is 5.02. The summed E-state index contributed by atoms with van der Waals surface area (Å²) >= 11 is 0. The molecule has 2 aromatic carbocycles. The highest BCUT2D eigenvalue weighted by atomic mass is 16.5. The average molecular weight is 304 g/mol. The maximum Gasteiger partial charge on any atom is 0.307 e. The van der Waals surface area contributed by atoms with E-state index in [1.807, 2.05) is 0 Å². The van der Waals surface area contributed by atoms with Crippen LogP contribution in [0.2, 0.25) is 0 Å². The van der Waals surface area contributed by atoms with Gasteiger partial charge in [-0.25, -0.2) is 0 Å². The van der Waals surface area contributed by atoms with Crippen molar-refractivity contribution >= 4 is 22.7 Å². The smallest absolute Gasteiger partial charge is 0.307 e. The van der Waals surface area contributed by atoms with Crippen molar-refractivity contribution < 1.29 is 29.6 Å². The third-order valence-electron chi connectivity index (χ3n) is 3.19. The third kappa shape index (κ3) is 3.66. The Kier molecular flexibility index (Phi) is 4.50. The van der Waals surface area contributed by atoms with Gasteiger partial charge in [0.2, 0.25) is 0 Å². The van der Waals surface area contributed by atoms with Crippen molar-refractivity contribution in [3.8, 4) is 11.5 Å². The van der Waals surface area contributed by atoms with Crippen LogP contribution in [0.15, 0.2) is 30.3 Å². The van der Waals surface area contributed by atoms with E-state index in [0.717, 1.165) is 0 Å². The van der Waals surface area contributed by atoms with Crippen LogP contribution in [0.1, 0.15) is 18.9 Å². The van der Waals surface area contributed by atoms with E-state index < -0.39 is 18.0 Å². The third-order valence-corrected chi connectivity index (χ3v) is 3.19. The molecular weight excluding hydrogens is 288 g/mol. The number of fused-ring (bicyclic) bond motifs is 1. The molecule has 0 aliphatic carbocycles. The van der Waals surface area contributed by atoms with E-state index in [4.69, 9.17) is 9.84 Å². The molecule has 0 fully saturated rings. The molecule has 0 saturated heterocycles. The first-order valence-electron chi connectivity index (χ1n) is 6.69. The summed E-state index contributed by atoms with van der Waals surface area (Å²) in [5, 5.41) is 29.6. The SMILES string of the molecule is CC(=O)O[C@H](CC(=O)O)Cc1cc(O)c2c(O)cccc2c1. The molecule has 116 valence electrons. The van der Waals surface area contributed by atoms with Gasteiger partial charge in [-0.15, -0.1) is 0 Å². The lowest BCUT2D eigenvalue weighted by atomic mass is 10.00. The van der Waals surface area contributed by atoms with Crippen molar-refractivity contribution in [1.82, 2.24) is 0 Å². The largest absolute Gasteiger partial charge is 0.507 e. The minimum absolute atomic E-state index is 0.0383. The topological polar surface area (TPSA) is 104 Å². The number of carboxylic acids is 1. The summed E-state index contributed by atoms with van der Waals surface area (Å²) in [7, 11) is 0. The molecule has 3 N–H and O–H groups in total. The molecule has 0 unspecified atom stereocenters. The Hall–Kier alpha value is -2.76. The molecule has 22 heavy (non-hydrogen) atoms. The zero-order chi connectivity index (χ0) is 16.3. The van der Waals surface area contributed by atoms with Crippen LogP contribution in [-0.2, 0) is 20.7 Å². The van der Waals surface area contributed by atoms with Crippen LogP contribution in [0.3, 0.4) is 0 Å². The summed E-state index contributed by atoms with van der Waals surface area (Å²) in [5.41, 5.74) is 0.614. The van der Waals surface area contributed by atoms with Gasteiger partial charge in [0.1, 0.15) is 17.6 Å². The first-order chi connectivity index (χ1) is 10.4. The molecule has 6 nitrogen and oxygen atoms in total. The second-order valence-corrected chi connectivity index (χ2v) is 5.02. The van der Waals surface area contributed by atoms with Crippen LogP contribution < -0.4 is 0 Å². The van der Waals surface area contributed by atoms with Crippen molar-refractivity contribution in [2.24, 2.45) is 0 Å². The van der Waals surface area contributed by atoms with Gasteiger partial charge in [0.15, 0.2) is 0 Å². The van der Waals surface area contributed by atoms with Crippen molar-refractivity contribution in [1.29, 1.82) is 0 Å². The standard InChI is InChI=1S/C16H16O6/c1-9(17)22-12(8-15(20)21)6-10-5-11-3-2-4-13(18)16(11)14(19)7-10/h2-5,7,12,18-19H,6,8H2,1H3,(H,20,21)/t12-/m0/s1. The minimum atomic E-state index is -1.08. The average Bonchev–Trinajstić information content (AvgIpc) is 2.36. The van der Waals surface area contributed by atoms with E-state index in [9.17, 15) is 19.8 Å². The summed E-state index contributed by atoms with van der Waals surface area (Å²) in [5.74, 6) is -1.78. The van der Waals surface area contributed by atoms with E-state index in [1.165, 1.54) is 19.1 Å². The summed E-state index contributed by atoms with van der Waals surface area (Å²) in [6.07, 6.45) is -0.979. The van der Waals surface area contributed by atoms with Gasteiger partial charge >= 0.3 is 11.9 Å². The van der Waals surface area contributed by atoms with Crippen molar-refractivity contribution in [3.63, 3.8) is 0 Å². The van der Waals surface area contributed by atoms with Crippen LogP contribution in [-0.4, -0.2) is 33.4 Å². The van der Waals surface area contributed by atoms with Gasteiger partial charge in [0.05, 0.1) is 11.8 Å². The Balaban J connectivity index is 2.33. The maximum atomic E-state index is 11.1. The zero-order valence-corrected chi connectivity index (χ0v) is 11.9. The van der Waals surface area contributed by atoms with Gasteiger partial charge < -0.3 is 20.1 Å². The predicted molar refractivity (Wildman–Crippen MR) is 78.8 cm³/mol. The van der Waals surface area contributed by atoms with Crippen molar-refractivity contribution in [2.45, 2.75) is 25.9 Å². The molecule has 0 heterocycles. The van der Waals surface area contributed by atoms with E-state index in [1.54, 1.807) is 18.2 Å². The van der Waals surface area contributed by atoms with E-state index in [2.05, 4.69) is 0 Å². The number of carboxylic acid groups (broad SMARTS) is 1. The number of phenolic OH excluding ortho intramolecular Hbond substituents is 2. The quantitative estimate of drug-likeness (QED) is 0.732. The van der Waals surface area contributed by atoms with Gasteiger partial charge in [0, 0.05) is 13.3 Å². The molecule has 6 heteroatoms. The van der Waals surface area contributed by atoms with Crippen LogP contribution in [0.25, 0.3) is 10.8 Å². The lowest BCUT2D eigenvalue weighted by molar-refractivity contribution is -0.150. The molecule has 0 radical (unpaired) electrons. The number of ether oxygens (including phenoxy) is 1. The van der Waals surface area contributed by atoms with Crippen LogP contribution in [0.4, 0.5) is 0 Å².